The molecular formula is C16H25FN2O2. The van der Waals surface area contributed by atoms with E-state index in [1.807, 2.05) is 13.8 Å². The Morgan fingerprint density at radius 2 is 2.05 bits per heavy atom. The van der Waals surface area contributed by atoms with Gasteiger partial charge in [0.15, 0.2) is 0 Å². The molecule has 21 heavy (non-hydrogen) atoms. The molecule has 0 aliphatic carbocycles. The van der Waals surface area contributed by atoms with Gasteiger partial charge in [-0.15, -0.1) is 0 Å². The minimum absolute atomic E-state index is 0.0189. The van der Waals surface area contributed by atoms with Crippen LogP contribution in [0.4, 0.5) is 14.9 Å². The predicted molar refractivity (Wildman–Crippen MR) is 83.3 cm³/mol. The Morgan fingerprint density at radius 1 is 1.29 bits per heavy atom. The molecule has 0 aliphatic rings. The Morgan fingerprint density at radius 3 is 2.67 bits per heavy atom. The topological polar surface area (TPSA) is 50.4 Å². The number of carbonyl (C=O) groups excluding carboxylic acids is 1. The van der Waals surface area contributed by atoms with E-state index in [9.17, 15) is 9.18 Å². The highest BCUT2D eigenvalue weighted by Gasteiger charge is 2.08. The van der Waals surface area contributed by atoms with Gasteiger partial charge in [0.2, 0.25) is 0 Å². The molecule has 2 amide bonds. The highest BCUT2D eigenvalue weighted by molar-refractivity contribution is 5.89. The van der Waals surface area contributed by atoms with Crippen LogP contribution in [-0.4, -0.2) is 18.7 Å². The summed E-state index contributed by atoms with van der Waals surface area (Å²) in [6, 6.07) is 4.03. The molecule has 0 atom stereocenters. The zero-order valence-corrected chi connectivity index (χ0v) is 13.0. The van der Waals surface area contributed by atoms with Gasteiger partial charge in [0.05, 0.1) is 11.8 Å². The van der Waals surface area contributed by atoms with Crippen molar-refractivity contribution in [3.63, 3.8) is 0 Å². The number of rotatable bonds is 8. The lowest BCUT2D eigenvalue weighted by atomic mass is 10.2. The first-order valence-electron chi connectivity index (χ1n) is 7.54. The number of ether oxygens (including phenoxy) is 1. The first-order valence-corrected chi connectivity index (χ1v) is 7.54. The van der Waals surface area contributed by atoms with E-state index >= 15 is 0 Å². The SMILES string of the molecule is CCCCCCNC(=O)Nc1ccc(OC(C)C)cc1F. The third-order valence-electron chi connectivity index (χ3n) is 2.88. The Balaban J connectivity index is 2.41. The van der Waals surface area contributed by atoms with Crippen LogP contribution in [-0.2, 0) is 0 Å². The molecule has 1 aromatic carbocycles. The van der Waals surface area contributed by atoms with Crippen LogP contribution in [0.25, 0.3) is 0 Å². The largest absolute Gasteiger partial charge is 0.491 e. The third kappa shape index (κ3) is 6.97. The third-order valence-corrected chi connectivity index (χ3v) is 2.88. The maximum Gasteiger partial charge on any atom is 0.319 e. The normalized spacial score (nSPS) is 10.5. The van der Waals surface area contributed by atoms with Gasteiger partial charge in [-0.2, -0.15) is 0 Å². The summed E-state index contributed by atoms with van der Waals surface area (Å²) in [5.41, 5.74) is 0.150. The Kier molecular flexibility index (Phi) is 7.58. The maximum atomic E-state index is 13.8. The van der Waals surface area contributed by atoms with Crippen molar-refractivity contribution in [1.29, 1.82) is 0 Å². The lowest BCUT2D eigenvalue weighted by Gasteiger charge is -2.12. The minimum Gasteiger partial charge on any atom is -0.491 e. The van der Waals surface area contributed by atoms with E-state index in [0.717, 1.165) is 25.7 Å². The molecule has 118 valence electrons. The molecule has 0 radical (unpaired) electrons. The van der Waals surface area contributed by atoms with E-state index in [1.165, 1.54) is 12.1 Å². The molecule has 1 aromatic rings. The van der Waals surface area contributed by atoms with Crippen molar-refractivity contribution in [3.05, 3.63) is 24.0 Å². The number of urea groups is 1. The van der Waals surface area contributed by atoms with Crippen LogP contribution in [0.2, 0.25) is 0 Å². The molecule has 0 fully saturated rings. The number of hydrogen-bond acceptors (Lipinski definition) is 2. The van der Waals surface area contributed by atoms with Gasteiger partial charge in [-0.25, -0.2) is 9.18 Å². The average Bonchev–Trinajstić information content (AvgIpc) is 2.41. The van der Waals surface area contributed by atoms with E-state index in [4.69, 9.17) is 4.74 Å². The molecule has 0 heterocycles. The van der Waals surface area contributed by atoms with Crippen molar-refractivity contribution in [1.82, 2.24) is 5.32 Å². The van der Waals surface area contributed by atoms with Crippen LogP contribution in [0.5, 0.6) is 5.75 Å². The second kappa shape index (κ2) is 9.21. The molecule has 1 rings (SSSR count). The zero-order valence-electron chi connectivity index (χ0n) is 13.0. The molecule has 0 spiro atoms. The molecule has 2 N–H and O–H groups in total. The van der Waals surface area contributed by atoms with Crippen LogP contribution < -0.4 is 15.4 Å². The summed E-state index contributed by atoms with van der Waals surface area (Å²) >= 11 is 0. The van der Waals surface area contributed by atoms with Gasteiger partial charge >= 0.3 is 6.03 Å². The second-order valence-electron chi connectivity index (χ2n) is 5.25. The Bertz CT molecular complexity index is 450. The monoisotopic (exact) mass is 296 g/mol. The van der Waals surface area contributed by atoms with Crippen molar-refractivity contribution in [2.75, 3.05) is 11.9 Å². The first-order chi connectivity index (χ1) is 10.0. The van der Waals surface area contributed by atoms with E-state index < -0.39 is 5.82 Å². The molecule has 5 heteroatoms. The van der Waals surface area contributed by atoms with Gasteiger partial charge in [-0.05, 0) is 32.4 Å². The van der Waals surface area contributed by atoms with Crippen LogP contribution in [0.1, 0.15) is 46.5 Å². The molecule has 0 aliphatic heterocycles. The standard InChI is InChI=1S/C16H25FN2O2/c1-4-5-6-7-10-18-16(20)19-15-9-8-13(11-14(15)17)21-12(2)3/h8-9,11-12H,4-7,10H2,1-3H3,(H2,18,19,20). The fourth-order valence-electron chi connectivity index (χ4n) is 1.86. The van der Waals surface area contributed by atoms with Crippen LogP contribution in [0.3, 0.4) is 0 Å². The zero-order chi connectivity index (χ0) is 15.7. The van der Waals surface area contributed by atoms with Gasteiger partial charge in [-0.3, -0.25) is 0 Å². The van der Waals surface area contributed by atoms with Gasteiger partial charge < -0.3 is 15.4 Å². The quantitative estimate of drug-likeness (QED) is 0.702. The number of anilines is 1. The molecule has 0 saturated heterocycles. The van der Waals surface area contributed by atoms with Crippen LogP contribution in [0.15, 0.2) is 18.2 Å². The number of unbranched alkanes of at least 4 members (excludes halogenated alkanes) is 3. The number of carbonyl (C=O) groups is 1. The highest BCUT2D eigenvalue weighted by Crippen LogP contribution is 2.21. The fraction of sp³-hybridized carbons (Fsp3) is 0.562. The molecule has 0 aromatic heterocycles. The van der Waals surface area contributed by atoms with Crippen LogP contribution in [0, 0.1) is 5.82 Å². The first kappa shape index (κ1) is 17.3. The van der Waals surface area contributed by atoms with Crippen molar-refractivity contribution < 1.29 is 13.9 Å². The number of halogens is 1. The summed E-state index contributed by atoms with van der Waals surface area (Å²) in [7, 11) is 0. The summed E-state index contributed by atoms with van der Waals surface area (Å²) in [4.78, 5) is 11.6. The van der Waals surface area contributed by atoms with Gasteiger partial charge in [0.25, 0.3) is 0 Å². The summed E-state index contributed by atoms with van der Waals surface area (Å²) in [5, 5.41) is 5.22. The summed E-state index contributed by atoms with van der Waals surface area (Å²) in [6.07, 6.45) is 4.32. The fourth-order valence-corrected chi connectivity index (χ4v) is 1.86. The summed E-state index contributed by atoms with van der Waals surface area (Å²) in [5.74, 6) is -0.0534. The summed E-state index contributed by atoms with van der Waals surface area (Å²) in [6.45, 7) is 6.48. The Labute approximate surface area is 126 Å². The van der Waals surface area contributed by atoms with E-state index in [2.05, 4.69) is 17.6 Å². The van der Waals surface area contributed by atoms with Crippen molar-refractivity contribution >= 4 is 11.7 Å². The lowest BCUT2D eigenvalue weighted by Crippen LogP contribution is -2.29. The predicted octanol–water partition coefficient (Wildman–Crippen LogP) is 4.31. The number of nitrogens with one attached hydrogen (secondary N) is 2. The summed E-state index contributed by atoms with van der Waals surface area (Å²) < 4.78 is 19.2. The van der Waals surface area contributed by atoms with E-state index in [1.54, 1.807) is 6.07 Å². The molecular weight excluding hydrogens is 271 g/mol. The lowest BCUT2D eigenvalue weighted by molar-refractivity contribution is 0.241. The van der Waals surface area contributed by atoms with Crippen molar-refractivity contribution in [2.45, 2.75) is 52.6 Å². The van der Waals surface area contributed by atoms with Gasteiger partial charge in [0, 0.05) is 12.6 Å². The van der Waals surface area contributed by atoms with Gasteiger partial charge in [0.1, 0.15) is 11.6 Å². The number of hydrogen-bond donors (Lipinski definition) is 2. The van der Waals surface area contributed by atoms with E-state index in [0.29, 0.717) is 12.3 Å². The molecule has 0 bridgehead atoms. The highest BCUT2D eigenvalue weighted by atomic mass is 19.1. The number of amides is 2. The van der Waals surface area contributed by atoms with Crippen molar-refractivity contribution in [3.8, 4) is 5.75 Å². The molecule has 0 unspecified atom stereocenters. The van der Waals surface area contributed by atoms with E-state index in [-0.39, 0.29) is 17.8 Å². The van der Waals surface area contributed by atoms with Crippen LogP contribution >= 0.6 is 0 Å². The average molecular weight is 296 g/mol. The van der Waals surface area contributed by atoms with Gasteiger partial charge in [-0.1, -0.05) is 26.2 Å². The smallest absolute Gasteiger partial charge is 0.319 e. The second-order valence-corrected chi connectivity index (χ2v) is 5.25. The number of benzene rings is 1. The minimum atomic E-state index is -0.505. The maximum absolute atomic E-state index is 13.8. The van der Waals surface area contributed by atoms with Crippen molar-refractivity contribution in [2.24, 2.45) is 0 Å². The Hall–Kier alpha value is -1.78. The molecule has 0 saturated carbocycles. The molecule has 4 nitrogen and oxygen atoms in total.